The summed E-state index contributed by atoms with van der Waals surface area (Å²) in [6.45, 7) is 7.09. The van der Waals surface area contributed by atoms with Crippen LogP contribution >= 0.6 is 0 Å². The van der Waals surface area contributed by atoms with Crippen LogP contribution in [0.15, 0.2) is 37.5 Å². The summed E-state index contributed by atoms with van der Waals surface area (Å²) in [5.41, 5.74) is 0. The average Bonchev–Trinajstić information content (AvgIpc) is 2.35. The van der Waals surface area contributed by atoms with Crippen LogP contribution in [-0.4, -0.2) is 11.2 Å². The normalized spacial score (nSPS) is 10.9. The molecule has 0 aromatic heterocycles. The van der Waals surface area contributed by atoms with Gasteiger partial charge < -0.3 is 5.11 Å². The van der Waals surface area contributed by atoms with Crippen molar-refractivity contribution in [2.75, 3.05) is 0 Å². The van der Waals surface area contributed by atoms with Gasteiger partial charge in [0.2, 0.25) is 0 Å². The smallest absolute Gasteiger partial charge is 0.134 e. The molecule has 1 N–H and O–H groups in total. The lowest BCUT2D eigenvalue weighted by Crippen LogP contribution is -1.94. The second kappa shape index (κ2) is 12.4. The Bertz CT molecular complexity index is 354. The molecule has 1 atom stereocenters. The Kier molecular flexibility index (Phi) is 11.1. The Hall–Kier alpha value is -1.70. The fourth-order valence-electron chi connectivity index (χ4n) is 1.08. The maximum atomic E-state index is 9.02. The Morgan fingerprint density at radius 1 is 1.06 bits per heavy atom. The molecule has 0 fully saturated rings. The SMILES string of the molecule is C=CCCCC/C=C\CC#CC#C[C@@H](O)C=C. The topological polar surface area (TPSA) is 20.2 Å². The third-order valence-electron chi connectivity index (χ3n) is 2.01. The van der Waals surface area contributed by atoms with Gasteiger partial charge in [-0.25, -0.2) is 0 Å². The number of aliphatic hydroxyl groups is 1. The van der Waals surface area contributed by atoms with Gasteiger partial charge >= 0.3 is 0 Å². The monoisotopic (exact) mass is 228 g/mol. The van der Waals surface area contributed by atoms with E-state index in [2.05, 4.69) is 42.9 Å². The van der Waals surface area contributed by atoms with Crippen LogP contribution < -0.4 is 0 Å². The standard InChI is InChI=1S/C16H20O/c1-3-5-6-7-8-9-10-11-12-13-14-15-16(17)4-2/h3-4,9-10,16-17H,1-2,5-8,11H2/b10-9-/t16-/m0/s1. The van der Waals surface area contributed by atoms with E-state index < -0.39 is 6.10 Å². The van der Waals surface area contributed by atoms with Crippen molar-refractivity contribution in [1.29, 1.82) is 0 Å². The zero-order valence-corrected chi connectivity index (χ0v) is 10.3. The summed E-state index contributed by atoms with van der Waals surface area (Å²) in [4.78, 5) is 0. The van der Waals surface area contributed by atoms with E-state index in [1.807, 2.05) is 12.2 Å². The maximum Gasteiger partial charge on any atom is 0.134 e. The molecule has 0 aliphatic carbocycles. The second-order valence-corrected chi connectivity index (χ2v) is 3.50. The molecule has 0 amide bonds. The van der Waals surface area contributed by atoms with E-state index in [0.717, 1.165) is 12.8 Å². The zero-order chi connectivity index (χ0) is 12.8. The lowest BCUT2D eigenvalue weighted by atomic mass is 10.2. The van der Waals surface area contributed by atoms with Gasteiger partial charge in [-0.1, -0.05) is 42.7 Å². The highest BCUT2D eigenvalue weighted by Gasteiger charge is 1.84. The van der Waals surface area contributed by atoms with Gasteiger partial charge in [-0.05, 0) is 37.5 Å². The predicted octanol–water partition coefficient (Wildman–Crippen LogP) is 3.23. The molecule has 0 heterocycles. The fraction of sp³-hybridized carbons (Fsp3) is 0.375. The first-order valence-electron chi connectivity index (χ1n) is 5.86. The van der Waals surface area contributed by atoms with Crippen molar-refractivity contribution in [2.45, 2.75) is 38.2 Å². The Morgan fingerprint density at radius 3 is 2.53 bits per heavy atom. The van der Waals surface area contributed by atoms with Gasteiger partial charge in [-0.3, -0.25) is 0 Å². The Balaban J connectivity index is 3.58. The highest BCUT2D eigenvalue weighted by molar-refractivity contribution is 5.29. The molecule has 0 aliphatic heterocycles. The van der Waals surface area contributed by atoms with E-state index in [9.17, 15) is 0 Å². The summed E-state index contributed by atoms with van der Waals surface area (Å²) in [6.07, 6.45) is 12.0. The highest BCUT2D eigenvalue weighted by Crippen LogP contribution is 2.00. The van der Waals surface area contributed by atoms with Crippen LogP contribution in [0.4, 0.5) is 0 Å². The zero-order valence-electron chi connectivity index (χ0n) is 10.3. The molecule has 17 heavy (non-hydrogen) atoms. The van der Waals surface area contributed by atoms with Crippen LogP contribution in [-0.2, 0) is 0 Å². The first-order chi connectivity index (χ1) is 8.31. The van der Waals surface area contributed by atoms with Gasteiger partial charge in [-0.15, -0.1) is 6.58 Å². The molecule has 0 aromatic rings. The summed E-state index contributed by atoms with van der Waals surface area (Å²) in [5, 5.41) is 9.02. The average molecular weight is 228 g/mol. The lowest BCUT2D eigenvalue weighted by molar-refractivity contribution is 0.281. The van der Waals surface area contributed by atoms with Crippen LogP contribution in [0.25, 0.3) is 0 Å². The highest BCUT2D eigenvalue weighted by atomic mass is 16.3. The van der Waals surface area contributed by atoms with E-state index in [-0.39, 0.29) is 0 Å². The van der Waals surface area contributed by atoms with Crippen molar-refractivity contribution in [3.8, 4) is 23.7 Å². The van der Waals surface area contributed by atoms with Crippen LogP contribution in [0.5, 0.6) is 0 Å². The Morgan fingerprint density at radius 2 is 1.82 bits per heavy atom. The molecule has 0 aliphatic rings. The van der Waals surface area contributed by atoms with E-state index in [1.165, 1.54) is 18.9 Å². The number of hydrogen-bond donors (Lipinski definition) is 1. The minimum atomic E-state index is -0.773. The van der Waals surface area contributed by atoms with E-state index >= 15 is 0 Å². The van der Waals surface area contributed by atoms with Gasteiger partial charge in [-0.2, -0.15) is 0 Å². The number of allylic oxidation sites excluding steroid dienone is 3. The predicted molar refractivity (Wildman–Crippen MR) is 74.2 cm³/mol. The number of aliphatic hydroxyl groups excluding tert-OH is 1. The summed E-state index contributed by atoms with van der Waals surface area (Å²) in [6, 6.07) is 0. The van der Waals surface area contributed by atoms with Crippen molar-refractivity contribution in [3.05, 3.63) is 37.5 Å². The molecule has 1 nitrogen and oxygen atoms in total. The number of hydrogen-bond acceptors (Lipinski definition) is 1. The lowest BCUT2D eigenvalue weighted by Gasteiger charge is -1.90. The first-order valence-corrected chi connectivity index (χ1v) is 5.86. The first kappa shape index (κ1) is 15.3. The number of unbranched alkanes of at least 4 members (excludes halogenated alkanes) is 3. The van der Waals surface area contributed by atoms with Crippen molar-refractivity contribution in [2.24, 2.45) is 0 Å². The van der Waals surface area contributed by atoms with Crippen molar-refractivity contribution in [1.82, 2.24) is 0 Å². The summed E-state index contributed by atoms with van der Waals surface area (Å²) >= 11 is 0. The van der Waals surface area contributed by atoms with Gasteiger partial charge in [0.05, 0.1) is 0 Å². The molecule has 0 rings (SSSR count). The summed E-state index contributed by atoms with van der Waals surface area (Å²) < 4.78 is 0. The third-order valence-corrected chi connectivity index (χ3v) is 2.01. The van der Waals surface area contributed by atoms with Gasteiger partial charge in [0.1, 0.15) is 6.10 Å². The summed E-state index contributed by atoms with van der Waals surface area (Å²) in [5.74, 6) is 10.7. The molecule has 0 unspecified atom stereocenters. The Labute approximate surface area is 105 Å². The van der Waals surface area contributed by atoms with E-state index in [1.54, 1.807) is 0 Å². The molecule has 0 saturated heterocycles. The van der Waals surface area contributed by atoms with Crippen LogP contribution in [0.3, 0.4) is 0 Å². The van der Waals surface area contributed by atoms with Crippen molar-refractivity contribution >= 4 is 0 Å². The van der Waals surface area contributed by atoms with E-state index in [0.29, 0.717) is 6.42 Å². The largest absolute Gasteiger partial charge is 0.377 e. The quantitative estimate of drug-likeness (QED) is 0.403. The molecule has 0 bridgehead atoms. The molecule has 1 heteroatoms. The molecule has 0 spiro atoms. The van der Waals surface area contributed by atoms with Gasteiger partial charge in [0.25, 0.3) is 0 Å². The second-order valence-electron chi connectivity index (χ2n) is 3.50. The van der Waals surface area contributed by atoms with Crippen molar-refractivity contribution in [3.63, 3.8) is 0 Å². The molecule has 0 radical (unpaired) electrons. The van der Waals surface area contributed by atoms with Crippen LogP contribution in [0.1, 0.15) is 32.1 Å². The summed E-state index contributed by atoms with van der Waals surface area (Å²) in [7, 11) is 0. The minimum absolute atomic E-state index is 0.709. The fourth-order valence-corrected chi connectivity index (χ4v) is 1.08. The van der Waals surface area contributed by atoms with Gasteiger partial charge in [0, 0.05) is 6.42 Å². The number of rotatable bonds is 7. The molecular weight excluding hydrogens is 208 g/mol. The molecular formula is C16H20O. The van der Waals surface area contributed by atoms with Crippen LogP contribution in [0.2, 0.25) is 0 Å². The third kappa shape index (κ3) is 12.2. The molecule has 0 aromatic carbocycles. The minimum Gasteiger partial charge on any atom is -0.377 e. The molecule has 90 valence electrons. The van der Waals surface area contributed by atoms with Crippen molar-refractivity contribution < 1.29 is 5.11 Å². The van der Waals surface area contributed by atoms with Crippen LogP contribution in [0, 0.1) is 23.7 Å². The van der Waals surface area contributed by atoms with E-state index in [4.69, 9.17) is 5.11 Å². The molecule has 0 saturated carbocycles. The maximum absolute atomic E-state index is 9.02. The van der Waals surface area contributed by atoms with Gasteiger partial charge in [0.15, 0.2) is 0 Å².